The highest BCUT2D eigenvalue weighted by Crippen LogP contribution is 2.32. The van der Waals surface area contributed by atoms with Crippen LogP contribution in [-0.2, 0) is 0 Å². The van der Waals surface area contributed by atoms with Crippen molar-refractivity contribution in [1.82, 2.24) is 10.3 Å². The second-order valence-electron chi connectivity index (χ2n) is 4.12. The van der Waals surface area contributed by atoms with Crippen molar-refractivity contribution in [2.24, 2.45) is 11.7 Å². The molecule has 0 aliphatic heterocycles. The smallest absolute Gasteiger partial charge is 0.268 e. The summed E-state index contributed by atoms with van der Waals surface area (Å²) in [4.78, 5) is 25.7. The lowest BCUT2D eigenvalue weighted by Gasteiger charge is -2.16. The van der Waals surface area contributed by atoms with Crippen molar-refractivity contribution in [2.75, 3.05) is 0 Å². The van der Waals surface area contributed by atoms with Crippen molar-refractivity contribution < 1.29 is 4.79 Å². The predicted octanol–water partition coefficient (Wildman–Crippen LogP) is 0.169. The topological polar surface area (TPSA) is 88.0 Å². The van der Waals surface area contributed by atoms with Gasteiger partial charge >= 0.3 is 0 Å². The quantitative estimate of drug-likeness (QED) is 0.666. The van der Waals surface area contributed by atoms with Crippen LogP contribution in [-0.4, -0.2) is 21.9 Å². The Morgan fingerprint density at radius 2 is 2.24 bits per heavy atom. The van der Waals surface area contributed by atoms with Crippen LogP contribution in [0.4, 0.5) is 0 Å². The van der Waals surface area contributed by atoms with Gasteiger partial charge in [0.2, 0.25) is 5.56 Å². The van der Waals surface area contributed by atoms with Crippen molar-refractivity contribution in [3.63, 3.8) is 0 Å². The van der Waals surface area contributed by atoms with Crippen LogP contribution in [0.3, 0.4) is 0 Å². The summed E-state index contributed by atoms with van der Waals surface area (Å²) in [7, 11) is 0. The SMILES string of the molecule is NC(=S)C(NC(=O)c1cccc(=O)[nH]1)C1CC1. The predicted molar refractivity (Wildman–Crippen MR) is 67.8 cm³/mol. The third kappa shape index (κ3) is 2.91. The van der Waals surface area contributed by atoms with Gasteiger partial charge in [-0.3, -0.25) is 9.59 Å². The summed E-state index contributed by atoms with van der Waals surface area (Å²) in [6, 6.07) is 4.14. The van der Waals surface area contributed by atoms with Gasteiger partial charge < -0.3 is 16.0 Å². The molecule has 0 bridgehead atoms. The second-order valence-corrected chi connectivity index (χ2v) is 4.59. The van der Waals surface area contributed by atoms with Gasteiger partial charge in [-0.15, -0.1) is 0 Å². The van der Waals surface area contributed by atoms with E-state index in [4.69, 9.17) is 18.0 Å². The number of nitrogens with two attached hydrogens (primary N) is 1. The molecule has 90 valence electrons. The minimum absolute atomic E-state index is 0.222. The molecule has 1 aliphatic carbocycles. The number of thiocarbonyl (C=S) groups is 1. The highest BCUT2D eigenvalue weighted by Gasteiger charge is 2.34. The Balaban J connectivity index is 2.10. The highest BCUT2D eigenvalue weighted by atomic mass is 32.1. The summed E-state index contributed by atoms with van der Waals surface area (Å²) in [5, 5.41) is 2.75. The zero-order valence-corrected chi connectivity index (χ0v) is 9.92. The lowest BCUT2D eigenvalue weighted by Crippen LogP contribution is -2.45. The molecular weight excluding hydrogens is 238 g/mol. The molecule has 0 radical (unpaired) electrons. The maximum Gasteiger partial charge on any atom is 0.268 e. The maximum absolute atomic E-state index is 11.8. The van der Waals surface area contributed by atoms with E-state index in [2.05, 4.69) is 10.3 Å². The molecule has 6 heteroatoms. The Kier molecular flexibility index (Phi) is 3.23. The molecule has 0 spiro atoms. The van der Waals surface area contributed by atoms with E-state index >= 15 is 0 Å². The van der Waals surface area contributed by atoms with Crippen LogP contribution in [0.1, 0.15) is 23.3 Å². The van der Waals surface area contributed by atoms with Gasteiger partial charge in [0.1, 0.15) is 5.69 Å². The fourth-order valence-electron chi connectivity index (χ4n) is 1.65. The number of amides is 1. The molecule has 1 unspecified atom stereocenters. The number of pyridine rings is 1. The van der Waals surface area contributed by atoms with Crippen molar-refractivity contribution in [3.8, 4) is 0 Å². The minimum atomic E-state index is -0.354. The zero-order chi connectivity index (χ0) is 12.4. The van der Waals surface area contributed by atoms with E-state index in [1.165, 1.54) is 12.1 Å². The molecule has 1 aromatic rings. The fourth-order valence-corrected chi connectivity index (χ4v) is 1.90. The molecule has 1 aromatic heterocycles. The maximum atomic E-state index is 11.8. The summed E-state index contributed by atoms with van der Waals surface area (Å²) < 4.78 is 0. The first-order valence-electron chi connectivity index (χ1n) is 5.37. The van der Waals surface area contributed by atoms with Gasteiger partial charge in [0.15, 0.2) is 0 Å². The molecular formula is C11H13N3O2S. The summed E-state index contributed by atoms with van der Waals surface area (Å²) in [5.41, 5.74) is 5.49. The van der Waals surface area contributed by atoms with E-state index in [1.54, 1.807) is 6.07 Å². The van der Waals surface area contributed by atoms with Crippen LogP contribution in [0.15, 0.2) is 23.0 Å². The van der Waals surface area contributed by atoms with Gasteiger partial charge in [-0.2, -0.15) is 0 Å². The summed E-state index contributed by atoms with van der Waals surface area (Å²) in [5.74, 6) is -0.0146. The van der Waals surface area contributed by atoms with Gasteiger partial charge in [-0.25, -0.2) is 0 Å². The third-order valence-electron chi connectivity index (χ3n) is 2.70. The average molecular weight is 251 g/mol. The normalized spacial score (nSPS) is 16.2. The Hall–Kier alpha value is -1.69. The van der Waals surface area contributed by atoms with Crippen molar-refractivity contribution >= 4 is 23.1 Å². The zero-order valence-electron chi connectivity index (χ0n) is 9.10. The number of carbonyl (C=O) groups is 1. The monoisotopic (exact) mass is 251 g/mol. The number of rotatable bonds is 4. The number of aromatic nitrogens is 1. The Morgan fingerprint density at radius 3 is 2.76 bits per heavy atom. The van der Waals surface area contributed by atoms with Gasteiger partial charge in [0.25, 0.3) is 5.91 Å². The Labute approximate surface area is 103 Å². The van der Waals surface area contributed by atoms with Crippen LogP contribution < -0.4 is 16.6 Å². The van der Waals surface area contributed by atoms with Gasteiger partial charge in [0, 0.05) is 6.07 Å². The minimum Gasteiger partial charge on any atom is -0.392 e. The lowest BCUT2D eigenvalue weighted by atomic mass is 10.2. The number of H-pyrrole nitrogens is 1. The molecule has 4 N–H and O–H groups in total. The van der Waals surface area contributed by atoms with E-state index in [0.717, 1.165) is 12.8 Å². The Morgan fingerprint density at radius 1 is 1.53 bits per heavy atom. The van der Waals surface area contributed by atoms with E-state index in [0.29, 0.717) is 10.9 Å². The van der Waals surface area contributed by atoms with Gasteiger partial charge in [-0.1, -0.05) is 18.3 Å². The molecule has 1 fully saturated rings. The third-order valence-corrected chi connectivity index (χ3v) is 2.95. The molecule has 1 heterocycles. The van der Waals surface area contributed by atoms with Crippen LogP contribution in [0.2, 0.25) is 0 Å². The van der Waals surface area contributed by atoms with Crippen LogP contribution in [0.5, 0.6) is 0 Å². The molecule has 17 heavy (non-hydrogen) atoms. The summed E-state index contributed by atoms with van der Waals surface area (Å²) in [6.45, 7) is 0. The Bertz CT molecular complexity index is 507. The molecule has 1 atom stereocenters. The first-order chi connectivity index (χ1) is 8.08. The van der Waals surface area contributed by atoms with Crippen molar-refractivity contribution in [1.29, 1.82) is 0 Å². The summed E-state index contributed by atoms with van der Waals surface area (Å²) in [6.07, 6.45) is 2.04. The molecule has 1 aliphatic rings. The molecule has 0 saturated heterocycles. The average Bonchev–Trinajstić information content (AvgIpc) is 3.09. The largest absolute Gasteiger partial charge is 0.392 e. The first kappa shape index (κ1) is 11.8. The first-order valence-corrected chi connectivity index (χ1v) is 5.78. The molecule has 0 aromatic carbocycles. The molecule has 5 nitrogen and oxygen atoms in total. The van der Waals surface area contributed by atoms with E-state index in [9.17, 15) is 9.59 Å². The number of hydrogen-bond donors (Lipinski definition) is 3. The number of carbonyl (C=O) groups excluding carboxylic acids is 1. The van der Waals surface area contributed by atoms with E-state index < -0.39 is 0 Å². The number of hydrogen-bond acceptors (Lipinski definition) is 3. The number of nitrogens with one attached hydrogen (secondary N) is 2. The lowest BCUT2D eigenvalue weighted by molar-refractivity contribution is 0.0938. The second kappa shape index (κ2) is 4.67. The van der Waals surface area contributed by atoms with Gasteiger partial charge in [0.05, 0.1) is 11.0 Å². The van der Waals surface area contributed by atoms with Crippen LogP contribution in [0, 0.1) is 5.92 Å². The summed E-state index contributed by atoms with van der Waals surface area (Å²) >= 11 is 4.92. The van der Waals surface area contributed by atoms with E-state index in [1.807, 2.05) is 0 Å². The van der Waals surface area contributed by atoms with Gasteiger partial charge in [-0.05, 0) is 24.8 Å². The fraction of sp³-hybridized carbons (Fsp3) is 0.364. The van der Waals surface area contributed by atoms with Crippen molar-refractivity contribution in [2.45, 2.75) is 18.9 Å². The van der Waals surface area contributed by atoms with Crippen molar-refractivity contribution in [3.05, 3.63) is 34.2 Å². The number of aromatic amines is 1. The molecule has 1 amide bonds. The highest BCUT2D eigenvalue weighted by molar-refractivity contribution is 7.80. The van der Waals surface area contributed by atoms with E-state index in [-0.39, 0.29) is 23.2 Å². The molecule has 2 rings (SSSR count). The molecule has 1 saturated carbocycles. The van der Waals surface area contributed by atoms with Crippen LogP contribution >= 0.6 is 12.2 Å². The van der Waals surface area contributed by atoms with Crippen LogP contribution in [0.25, 0.3) is 0 Å². The standard InChI is InChI=1S/C11H13N3O2S/c12-10(17)9(6-4-5-6)14-11(16)7-2-1-3-8(15)13-7/h1-3,6,9H,4-5H2,(H2,12,17)(H,13,15)(H,14,16).